The van der Waals surface area contributed by atoms with Gasteiger partial charge in [0.05, 0.1) is 25.5 Å². The predicted octanol–water partition coefficient (Wildman–Crippen LogP) is 2.36. The highest BCUT2D eigenvalue weighted by atomic mass is 32.1. The van der Waals surface area contributed by atoms with E-state index in [1.165, 1.54) is 6.42 Å². The van der Waals surface area contributed by atoms with Crippen LogP contribution in [0.15, 0.2) is 10.4 Å². The summed E-state index contributed by atoms with van der Waals surface area (Å²) in [5, 5.41) is 6.51. The molecule has 1 atom stereocenters. The molecular formula is C19H35N5O2S. The summed E-state index contributed by atoms with van der Waals surface area (Å²) in [6, 6.07) is 0. The molecule has 1 N–H and O–H groups in total. The van der Waals surface area contributed by atoms with Gasteiger partial charge in [-0.1, -0.05) is 0 Å². The molecule has 1 aliphatic heterocycles. The molecule has 1 aromatic rings. The summed E-state index contributed by atoms with van der Waals surface area (Å²) in [7, 11) is 3.78. The van der Waals surface area contributed by atoms with Crippen molar-refractivity contribution in [1.82, 2.24) is 20.1 Å². The van der Waals surface area contributed by atoms with Crippen LogP contribution in [0.2, 0.25) is 0 Å². The zero-order chi connectivity index (χ0) is 19.5. The van der Waals surface area contributed by atoms with Crippen LogP contribution in [0.5, 0.6) is 0 Å². The normalized spacial score (nSPS) is 17.1. The lowest BCUT2D eigenvalue weighted by atomic mass is 10.3. The van der Waals surface area contributed by atoms with Crippen molar-refractivity contribution in [3.8, 4) is 0 Å². The van der Waals surface area contributed by atoms with Crippen molar-refractivity contribution in [2.45, 2.75) is 39.3 Å². The molecule has 7 nitrogen and oxygen atoms in total. The lowest BCUT2D eigenvalue weighted by molar-refractivity contribution is 0.0373. The van der Waals surface area contributed by atoms with Crippen molar-refractivity contribution in [3.63, 3.8) is 0 Å². The van der Waals surface area contributed by atoms with E-state index in [2.05, 4.69) is 39.5 Å². The van der Waals surface area contributed by atoms with E-state index in [1.807, 2.05) is 6.92 Å². The first-order valence-corrected chi connectivity index (χ1v) is 10.8. The smallest absolute Gasteiger partial charge is 0.194 e. The Morgan fingerprint density at radius 2 is 2.22 bits per heavy atom. The van der Waals surface area contributed by atoms with Gasteiger partial charge in [0.1, 0.15) is 11.1 Å². The minimum absolute atomic E-state index is 0.0439. The van der Waals surface area contributed by atoms with E-state index in [-0.39, 0.29) is 6.10 Å². The van der Waals surface area contributed by atoms with Crippen molar-refractivity contribution >= 4 is 17.3 Å². The summed E-state index contributed by atoms with van der Waals surface area (Å²) in [6.07, 6.45) is 2.32. The van der Waals surface area contributed by atoms with E-state index in [1.54, 1.807) is 18.4 Å². The fourth-order valence-corrected chi connectivity index (χ4v) is 3.77. The van der Waals surface area contributed by atoms with E-state index in [9.17, 15) is 0 Å². The summed E-state index contributed by atoms with van der Waals surface area (Å²) in [5.74, 6) is 0.943. The van der Waals surface area contributed by atoms with Crippen molar-refractivity contribution in [1.29, 1.82) is 0 Å². The number of ether oxygens (including phenoxy) is 2. The van der Waals surface area contributed by atoms with E-state index in [4.69, 9.17) is 14.5 Å². The minimum Gasteiger partial charge on any atom is -0.379 e. The summed E-state index contributed by atoms with van der Waals surface area (Å²) in [6.45, 7) is 11.6. The van der Waals surface area contributed by atoms with Gasteiger partial charge in [0.2, 0.25) is 0 Å². The van der Waals surface area contributed by atoms with Gasteiger partial charge in [-0.15, -0.1) is 11.3 Å². The number of unbranched alkanes of at least 4 members (excludes halogenated alkanes) is 1. The standard InChI is InChI=1S/C19H35N5O2S/c1-5-20-19(21-8-6-7-9-24-10-12-26-13-11-24)23(3)14-17-15-27-18(22-17)16(2)25-4/h15-16H,5-14H2,1-4H3,(H,20,21). The third kappa shape index (κ3) is 7.73. The first kappa shape index (κ1) is 22.1. The molecule has 0 saturated carbocycles. The van der Waals surface area contributed by atoms with Gasteiger partial charge in [-0.3, -0.25) is 9.89 Å². The molecule has 0 aromatic carbocycles. The predicted molar refractivity (Wildman–Crippen MR) is 111 cm³/mol. The number of thiazole rings is 1. The Labute approximate surface area is 167 Å². The largest absolute Gasteiger partial charge is 0.379 e. The van der Waals surface area contributed by atoms with Crippen LogP contribution in [0.3, 0.4) is 0 Å². The van der Waals surface area contributed by atoms with Crippen molar-refractivity contribution in [2.75, 3.05) is 60.1 Å². The summed E-state index contributed by atoms with van der Waals surface area (Å²) >= 11 is 1.65. The number of hydrogen-bond donors (Lipinski definition) is 1. The second kappa shape index (κ2) is 12.3. The maximum atomic E-state index is 5.39. The van der Waals surface area contributed by atoms with E-state index >= 15 is 0 Å². The number of hydrogen-bond acceptors (Lipinski definition) is 6. The van der Waals surface area contributed by atoms with E-state index < -0.39 is 0 Å². The Balaban J connectivity index is 1.77. The highest BCUT2D eigenvalue weighted by Gasteiger charge is 2.13. The molecule has 1 aromatic heterocycles. The lowest BCUT2D eigenvalue weighted by Crippen LogP contribution is -2.38. The van der Waals surface area contributed by atoms with Gasteiger partial charge in [0, 0.05) is 45.7 Å². The fraction of sp³-hybridized carbons (Fsp3) is 0.789. The Hall–Kier alpha value is -1.22. The number of aromatic nitrogens is 1. The molecule has 1 fully saturated rings. The van der Waals surface area contributed by atoms with Crippen LogP contribution < -0.4 is 5.32 Å². The van der Waals surface area contributed by atoms with Gasteiger partial charge >= 0.3 is 0 Å². The highest BCUT2D eigenvalue weighted by Crippen LogP contribution is 2.20. The van der Waals surface area contributed by atoms with Crippen molar-refractivity contribution in [2.24, 2.45) is 4.99 Å². The Morgan fingerprint density at radius 1 is 1.44 bits per heavy atom. The molecule has 0 aliphatic carbocycles. The lowest BCUT2D eigenvalue weighted by Gasteiger charge is -2.26. The quantitative estimate of drug-likeness (QED) is 0.372. The van der Waals surface area contributed by atoms with Crippen LogP contribution >= 0.6 is 11.3 Å². The molecule has 0 bridgehead atoms. The number of methoxy groups -OCH3 is 1. The van der Waals surface area contributed by atoms with Crippen molar-refractivity contribution < 1.29 is 9.47 Å². The Kier molecular flexibility index (Phi) is 10.0. The highest BCUT2D eigenvalue weighted by molar-refractivity contribution is 7.09. The molecular weight excluding hydrogens is 362 g/mol. The fourth-order valence-electron chi connectivity index (χ4n) is 2.93. The van der Waals surface area contributed by atoms with Crippen LogP contribution in [-0.4, -0.2) is 80.8 Å². The summed E-state index contributed by atoms with van der Waals surface area (Å²) in [5.41, 5.74) is 1.05. The van der Waals surface area contributed by atoms with E-state index in [0.717, 1.165) is 75.6 Å². The number of guanidine groups is 1. The second-order valence-electron chi connectivity index (χ2n) is 6.81. The Bertz CT molecular complexity index is 560. The van der Waals surface area contributed by atoms with E-state index in [0.29, 0.717) is 0 Å². The molecule has 0 radical (unpaired) electrons. The van der Waals surface area contributed by atoms with Crippen molar-refractivity contribution in [3.05, 3.63) is 16.1 Å². The van der Waals surface area contributed by atoms with Gasteiger partial charge in [-0.2, -0.15) is 0 Å². The van der Waals surface area contributed by atoms with Crippen LogP contribution in [0.25, 0.3) is 0 Å². The number of nitrogens with zero attached hydrogens (tertiary/aromatic N) is 4. The minimum atomic E-state index is 0.0439. The number of rotatable bonds is 10. The molecule has 27 heavy (non-hydrogen) atoms. The monoisotopic (exact) mass is 397 g/mol. The first-order chi connectivity index (χ1) is 13.1. The zero-order valence-corrected chi connectivity index (χ0v) is 18.1. The molecule has 2 rings (SSSR count). The first-order valence-electron chi connectivity index (χ1n) is 9.90. The SMILES string of the molecule is CCNC(=NCCCCN1CCOCC1)N(C)Cc1csc(C(C)OC)n1. The Morgan fingerprint density at radius 3 is 2.93 bits per heavy atom. The van der Waals surface area contributed by atoms with Crippen LogP contribution in [0.4, 0.5) is 0 Å². The number of nitrogens with one attached hydrogen (secondary N) is 1. The molecule has 2 heterocycles. The maximum Gasteiger partial charge on any atom is 0.194 e. The third-order valence-corrected chi connectivity index (χ3v) is 5.67. The van der Waals surface area contributed by atoms with Gasteiger partial charge < -0.3 is 19.7 Å². The average molecular weight is 398 g/mol. The topological polar surface area (TPSA) is 62.2 Å². The summed E-state index contributed by atoms with van der Waals surface area (Å²) < 4.78 is 10.7. The van der Waals surface area contributed by atoms with Gasteiger partial charge in [0.25, 0.3) is 0 Å². The number of morpholine rings is 1. The summed E-state index contributed by atoms with van der Waals surface area (Å²) in [4.78, 5) is 14.1. The van der Waals surface area contributed by atoms with Crippen LogP contribution in [-0.2, 0) is 16.0 Å². The average Bonchev–Trinajstić information content (AvgIpc) is 3.15. The molecule has 0 amide bonds. The zero-order valence-electron chi connectivity index (χ0n) is 17.2. The van der Waals surface area contributed by atoms with Gasteiger partial charge in [-0.05, 0) is 33.2 Å². The molecule has 0 spiro atoms. The molecule has 8 heteroatoms. The van der Waals surface area contributed by atoms with Gasteiger partial charge in [-0.25, -0.2) is 4.98 Å². The third-order valence-electron chi connectivity index (χ3n) is 4.61. The molecule has 1 aliphatic rings. The number of aliphatic imine (C=N–C) groups is 1. The van der Waals surface area contributed by atoms with Gasteiger partial charge in [0.15, 0.2) is 5.96 Å². The van der Waals surface area contributed by atoms with Crippen LogP contribution in [0.1, 0.15) is 43.5 Å². The second-order valence-corrected chi connectivity index (χ2v) is 7.70. The molecule has 1 unspecified atom stereocenters. The molecule has 1 saturated heterocycles. The molecule has 154 valence electrons. The van der Waals surface area contributed by atoms with Crippen LogP contribution in [0, 0.1) is 0 Å². The maximum absolute atomic E-state index is 5.39.